The van der Waals surface area contributed by atoms with Gasteiger partial charge in [-0.2, -0.15) is 5.26 Å². The molecule has 4 heteroatoms. The lowest BCUT2D eigenvalue weighted by atomic mass is 10.0. The fourth-order valence-corrected chi connectivity index (χ4v) is 2.40. The van der Waals surface area contributed by atoms with Gasteiger partial charge in [-0.05, 0) is 31.4 Å². The second-order valence-electron chi connectivity index (χ2n) is 5.36. The summed E-state index contributed by atoms with van der Waals surface area (Å²) >= 11 is 0. The number of carbonyl (C=O) groups is 1. The number of furan rings is 1. The van der Waals surface area contributed by atoms with E-state index in [1.807, 2.05) is 32.9 Å². The third kappa shape index (κ3) is 3.25. The molecule has 0 spiro atoms. The minimum absolute atomic E-state index is 0.143. The lowest BCUT2D eigenvalue weighted by molar-refractivity contribution is -0.120. The molecule has 0 aliphatic carbocycles. The molecule has 1 aromatic carbocycles. The molecular formula is C17H20N2O2. The summed E-state index contributed by atoms with van der Waals surface area (Å²) in [6.45, 7) is 6.04. The van der Waals surface area contributed by atoms with Crippen LogP contribution >= 0.6 is 0 Å². The Labute approximate surface area is 124 Å². The molecule has 0 aliphatic heterocycles. The summed E-state index contributed by atoms with van der Waals surface area (Å²) in [7, 11) is 0. The van der Waals surface area contributed by atoms with Crippen molar-refractivity contribution in [1.82, 2.24) is 5.32 Å². The zero-order chi connectivity index (χ0) is 15.4. The number of hydrogen-bond acceptors (Lipinski definition) is 3. The Balaban J connectivity index is 2.15. The SMILES string of the molecule is CCC[C@H](C#N)NC(=O)Cc1coc2c(C)c(C)ccc12. The van der Waals surface area contributed by atoms with Gasteiger partial charge in [0.1, 0.15) is 11.6 Å². The molecule has 1 aromatic heterocycles. The van der Waals surface area contributed by atoms with Gasteiger partial charge in [0, 0.05) is 10.9 Å². The van der Waals surface area contributed by atoms with Gasteiger partial charge < -0.3 is 9.73 Å². The summed E-state index contributed by atoms with van der Waals surface area (Å²) in [6, 6.07) is 5.71. The first kappa shape index (κ1) is 15.1. The molecule has 1 atom stereocenters. The van der Waals surface area contributed by atoms with Gasteiger partial charge in [0.05, 0.1) is 18.8 Å². The number of nitriles is 1. The van der Waals surface area contributed by atoms with E-state index in [0.717, 1.165) is 28.5 Å². The van der Waals surface area contributed by atoms with Crippen LogP contribution in [0.1, 0.15) is 36.5 Å². The molecule has 4 nitrogen and oxygen atoms in total. The van der Waals surface area contributed by atoms with E-state index in [0.29, 0.717) is 6.42 Å². The van der Waals surface area contributed by atoms with Gasteiger partial charge in [-0.1, -0.05) is 25.5 Å². The van der Waals surface area contributed by atoms with E-state index in [-0.39, 0.29) is 12.3 Å². The van der Waals surface area contributed by atoms with Crippen LogP contribution in [0.3, 0.4) is 0 Å². The zero-order valence-corrected chi connectivity index (χ0v) is 12.7. The van der Waals surface area contributed by atoms with Crippen LogP contribution in [0.4, 0.5) is 0 Å². The van der Waals surface area contributed by atoms with Crippen LogP contribution in [0.5, 0.6) is 0 Å². The quantitative estimate of drug-likeness (QED) is 0.915. The summed E-state index contributed by atoms with van der Waals surface area (Å²) in [5, 5.41) is 12.7. The van der Waals surface area contributed by atoms with Gasteiger partial charge in [-0.25, -0.2) is 0 Å². The number of aryl methyl sites for hydroxylation is 2. The van der Waals surface area contributed by atoms with Crippen molar-refractivity contribution in [2.45, 2.75) is 46.1 Å². The maximum atomic E-state index is 12.0. The monoisotopic (exact) mass is 284 g/mol. The van der Waals surface area contributed by atoms with Gasteiger partial charge >= 0.3 is 0 Å². The molecule has 0 radical (unpaired) electrons. The maximum Gasteiger partial charge on any atom is 0.225 e. The van der Waals surface area contributed by atoms with Crippen LogP contribution in [-0.2, 0) is 11.2 Å². The van der Waals surface area contributed by atoms with E-state index >= 15 is 0 Å². The first-order valence-corrected chi connectivity index (χ1v) is 7.22. The van der Waals surface area contributed by atoms with Crippen LogP contribution < -0.4 is 5.32 Å². The molecule has 2 aromatic rings. The number of benzene rings is 1. The Kier molecular flexibility index (Phi) is 4.64. The van der Waals surface area contributed by atoms with Crippen molar-refractivity contribution in [3.8, 4) is 6.07 Å². The molecular weight excluding hydrogens is 264 g/mol. The Bertz CT molecular complexity index is 695. The number of rotatable bonds is 5. The van der Waals surface area contributed by atoms with E-state index in [1.54, 1.807) is 6.26 Å². The molecule has 21 heavy (non-hydrogen) atoms. The second kappa shape index (κ2) is 6.45. The normalized spacial score (nSPS) is 12.1. The van der Waals surface area contributed by atoms with Crippen LogP contribution in [-0.4, -0.2) is 11.9 Å². The molecule has 1 heterocycles. The molecule has 0 saturated carbocycles. The second-order valence-corrected chi connectivity index (χ2v) is 5.36. The number of nitrogens with zero attached hydrogens (tertiary/aromatic N) is 1. The number of hydrogen-bond donors (Lipinski definition) is 1. The average Bonchev–Trinajstić information content (AvgIpc) is 2.86. The average molecular weight is 284 g/mol. The summed E-state index contributed by atoms with van der Waals surface area (Å²) in [4.78, 5) is 12.0. The predicted octanol–water partition coefficient (Wildman–Crippen LogP) is 3.40. The topological polar surface area (TPSA) is 66.0 Å². The van der Waals surface area contributed by atoms with Gasteiger partial charge in [0.2, 0.25) is 5.91 Å². The van der Waals surface area contributed by atoms with Crippen LogP contribution in [0.25, 0.3) is 11.0 Å². The summed E-state index contributed by atoms with van der Waals surface area (Å²) in [6.07, 6.45) is 3.41. The van der Waals surface area contributed by atoms with E-state index in [2.05, 4.69) is 11.4 Å². The highest BCUT2D eigenvalue weighted by molar-refractivity contribution is 5.89. The van der Waals surface area contributed by atoms with Crippen molar-refractivity contribution in [3.63, 3.8) is 0 Å². The Morgan fingerprint density at radius 1 is 1.43 bits per heavy atom. The van der Waals surface area contributed by atoms with E-state index in [4.69, 9.17) is 9.68 Å². The van der Waals surface area contributed by atoms with Crippen LogP contribution in [0.15, 0.2) is 22.8 Å². The first-order valence-electron chi connectivity index (χ1n) is 7.22. The third-order valence-electron chi connectivity index (χ3n) is 3.76. The van der Waals surface area contributed by atoms with Gasteiger partial charge in [0.15, 0.2) is 0 Å². The van der Waals surface area contributed by atoms with Gasteiger partial charge in [-0.15, -0.1) is 0 Å². The molecule has 1 N–H and O–H groups in total. The van der Waals surface area contributed by atoms with Crippen molar-refractivity contribution < 1.29 is 9.21 Å². The minimum atomic E-state index is -0.412. The smallest absolute Gasteiger partial charge is 0.225 e. The molecule has 0 unspecified atom stereocenters. The Morgan fingerprint density at radius 3 is 2.86 bits per heavy atom. The standard InChI is InChI=1S/C17H20N2O2/c1-4-5-14(9-18)19-16(20)8-13-10-21-17-12(3)11(2)6-7-15(13)17/h6-7,10,14H,4-5,8H2,1-3H3,(H,19,20)/t14-/m1/s1. The number of fused-ring (bicyclic) bond motifs is 1. The number of carbonyl (C=O) groups excluding carboxylic acids is 1. The molecule has 0 fully saturated rings. The lowest BCUT2D eigenvalue weighted by Crippen LogP contribution is -2.34. The molecule has 2 rings (SSSR count). The van der Waals surface area contributed by atoms with Crippen molar-refractivity contribution in [3.05, 3.63) is 35.1 Å². The molecule has 0 saturated heterocycles. The number of amides is 1. The van der Waals surface area contributed by atoms with E-state index in [1.165, 1.54) is 5.56 Å². The third-order valence-corrected chi connectivity index (χ3v) is 3.76. The summed E-state index contributed by atoms with van der Waals surface area (Å²) in [5.74, 6) is -0.143. The largest absolute Gasteiger partial charge is 0.464 e. The van der Waals surface area contributed by atoms with E-state index < -0.39 is 6.04 Å². The molecule has 110 valence electrons. The number of nitrogens with one attached hydrogen (secondary N) is 1. The van der Waals surface area contributed by atoms with Crippen LogP contribution in [0.2, 0.25) is 0 Å². The highest BCUT2D eigenvalue weighted by atomic mass is 16.3. The predicted molar refractivity (Wildman–Crippen MR) is 81.8 cm³/mol. The van der Waals surface area contributed by atoms with Crippen molar-refractivity contribution in [1.29, 1.82) is 5.26 Å². The molecule has 1 amide bonds. The summed E-state index contributed by atoms with van der Waals surface area (Å²) in [5.41, 5.74) is 3.96. The van der Waals surface area contributed by atoms with Crippen LogP contribution in [0, 0.1) is 25.2 Å². The highest BCUT2D eigenvalue weighted by Gasteiger charge is 2.15. The van der Waals surface area contributed by atoms with Crippen molar-refractivity contribution >= 4 is 16.9 Å². The minimum Gasteiger partial charge on any atom is -0.464 e. The first-order chi connectivity index (χ1) is 10.1. The van der Waals surface area contributed by atoms with Crippen molar-refractivity contribution in [2.24, 2.45) is 0 Å². The highest BCUT2D eigenvalue weighted by Crippen LogP contribution is 2.26. The van der Waals surface area contributed by atoms with Crippen molar-refractivity contribution in [2.75, 3.05) is 0 Å². The maximum absolute atomic E-state index is 12.0. The van der Waals surface area contributed by atoms with E-state index in [9.17, 15) is 4.79 Å². The Morgan fingerprint density at radius 2 is 2.19 bits per heavy atom. The van der Waals surface area contributed by atoms with Gasteiger partial charge in [0.25, 0.3) is 0 Å². The fourth-order valence-electron chi connectivity index (χ4n) is 2.40. The molecule has 0 aliphatic rings. The zero-order valence-electron chi connectivity index (χ0n) is 12.7. The van der Waals surface area contributed by atoms with Gasteiger partial charge in [-0.3, -0.25) is 4.79 Å². The lowest BCUT2D eigenvalue weighted by Gasteiger charge is -2.09. The summed E-state index contributed by atoms with van der Waals surface area (Å²) < 4.78 is 5.60. The Hall–Kier alpha value is -2.28. The molecule has 0 bridgehead atoms. The fraction of sp³-hybridized carbons (Fsp3) is 0.412.